The van der Waals surface area contributed by atoms with Crippen LogP contribution in [-0.2, 0) is 4.74 Å². The third-order valence-corrected chi connectivity index (χ3v) is 2.84. The number of carbonyl (C=O) groups is 1. The van der Waals surface area contributed by atoms with Crippen LogP contribution in [0, 0.1) is 0 Å². The minimum Gasteiger partial charge on any atom is -0.378 e. The Kier molecular flexibility index (Phi) is 7.28. The largest absolute Gasteiger partial charge is 0.378 e. The number of ether oxygens (including phenoxy) is 1. The number of likely N-dealkylation sites (N-methyl/N-ethyl adjacent to an activating group) is 1. The lowest BCUT2D eigenvalue weighted by molar-refractivity contribution is 0.0900. The fourth-order valence-corrected chi connectivity index (χ4v) is 1.69. The zero-order valence-corrected chi connectivity index (χ0v) is 12.8. The summed E-state index contributed by atoms with van der Waals surface area (Å²) < 4.78 is 5.38. The number of halogens is 1. The zero-order chi connectivity index (χ0) is 15.0. The molecule has 0 saturated carbocycles. The number of anilines is 1. The summed E-state index contributed by atoms with van der Waals surface area (Å²) in [7, 11) is 5.69. The number of carbonyl (C=O) groups excluding carboxylic acids is 1. The van der Waals surface area contributed by atoms with Gasteiger partial charge in [0.2, 0.25) is 0 Å². The Morgan fingerprint density at radius 3 is 2.80 bits per heavy atom. The number of nitrogens with zero attached hydrogens (tertiary/aromatic N) is 2. The van der Waals surface area contributed by atoms with Gasteiger partial charge >= 0.3 is 0 Å². The van der Waals surface area contributed by atoms with Crippen LogP contribution in [0.15, 0.2) is 12.3 Å². The SMILES string of the molecule is CNc1ncc(C(=O)NCCOCCN(C)C)cc1Cl. The predicted molar refractivity (Wildman–Crippen MR) is 80.5 cm³/mol. The first-order chi connectivity index (χ1) is 9.54. The van der Waals surface area contributed by atoms with Crippen molar-refractivity contribution in [1.82, 2.24) is 15.2 Å². The molecule has 20 heavy (non-hydrogen) atoms. The molecule has 2 N–H and O–H groups in total. The molecule has 7 heteroatoms. The van der Waals surface area contributed by atoms with E-state index in [0.717, 1.165) is 6.54 Å². The fourth-order valence-electron chi connectivity index (χ4n) is 1.43. The van der Waals surface area contributed by atoms with E-state index in [1.807, 2.05) is 19.0 Å². The smallest absolute Gasteiger partial charge is 0.252 e. The molecule has 1 amide bonds. The average Bonchev–Trinajstić information content (AvgIpc) is 2.42. The molecule has 0 aliphatic heterocycles. The first-order valence-corrected chi connectivity index (χ1v) is 6.76. The molecular formula is C13H21ClN4O2. The van der Waals surface area contributed by atoms with Crippen LogP contribution in [0.25, 0.3) is 0 Å². The van der Waals surface area contributed by atoms with Crippen molar-refractivity contribution in [2.75, 3.05) is 52.8 Å². The van der Waals surface area contributed by atoms with Gasteiger partial charge in [-0.3, -0.25) is 4.79 Å². The lowest BCUT2D eigenvalue weighted by Gasteiger charge is -2.10. The summed E-state index contributed by atoms with van der Waals surface area (Å²) in [4.78, 5) is 17.9. The lowest BCUT2D eigenvalue weighted by Crippen LogP contribution is -2.28. The molecule has 0 saturated heterocycles. The van der Waals surface area contributed by atoms with E-state index in [-0.39, 0.29) is 5.91 Å². The van der Waals surface area contributed by atoms with E-state index in [9.17, 15) is 4.79 Å². The lowest BCUT2D eigenvalue weighted by atomic mass is 10.2. The molecule has 0 unspecified atom stereocenters. The molecule has 6 nitrogen and oxygen atoms in total. The van der Waals surface area contributed by atoms with Crippen molar-refractivity contribution in [3.63, 3.8) is 0 Å². The van der Waals surface area contributed by atoms with Crippen LogP contribution in [-0.4, -0.2) is 63.2 Å². The maximum absolute atomic E-state index is 11.8. The van der Waals surface area contributed by atoms with Gasteiger partial charge in [-0.1, -0.05) is 11.6 Å². The molecule has 0 aliphatic carbocycles. The molecule has 1 aromatic rings. The normalized spacial score (nSPS) is 10.7. The maximum atomic E-state index is 11.8. The molecule has 0 aliphatic rings. The van der Waals surface area contributed by atoms with E-state index < -0.39 is 0 Å². The Hall–Kier alpha value is -1.37. The minimum atomic E-state index is -0.210. The molecule has 0 radical (unpaired) electrons. The van der Waals surface area contributed by atoms with Crippen LogP contribution in [0.2, 0.25) is 5.02 Å². The number of hydrogen-bond acceptors (Lipinski definition) is 5. The topological polar surface area (TPSA) is 66.5 Å². The Morgan fingerprint density at radius 2 is 2.20 bits per heavy atom. The first kappa shape index (κ1) is 16.7. The van der Waals surface area contributed by atoms with Gasteiger partial charge < -0.3 is 20.3 Å². The van der Waals surface area contributed by atoms with E-state index >= 15 is 0 Å². The Labute approximate surface area is 124 Å². The van der Waals surface area contributed by atoms with Crippen molar-refractivity contribution in [2.24, 2.45) is 0 Å². The van der Waals surface area contributed by atoms with E-state index in [2.05, 4.69) is 15.6 Å². The van der Waals surface area contributed by atoms with E-state index in [4.69, 9.17) is 16.3 Å². The van der Waals surface area contributed by atoms with Crippen molar-refractivity contribution in [3.05, 3.63) is 22.8 Å². The summed E-state index contributed by atoms with van der Waals surface area (Å²) in [6.07, 6.45) is 1.49. The van der Waals surface area contributed by atoms with Gasteiger partial charge in [0, 0.05) is 26.3 Å². The van der Waals surface area contributed by atoms with Gasteiger partial charge in [-0.15, -0.1) is 0 Å². The minimum absolute atomic E-state index is 0.210. The van der Waals surface area contributed by atoms with Crippen molar-refractivity contribution in [2.45, 2.75) is 0 Å². The van der Waals surface area contributed by atoms with Crippen molar-refractivity contribution in [3.8, 4) is 0 Å². The third kappa shape index (κ3) is 5.73. The second kappa shape index (κ2) is 8.73. The molecule has 0 bridgehead atoms. The second-order valence-electron chi connectivity index (χ2n) is 4.48. The zero-order valence-electron chi connectivity index (χ0n) is 12.1. The number of nitrogens with one attached hydrogen (secondary N) is 2. The molecule has 0 spiro atoms. The number of hydrogen-bond donors (Lipinski definition) is 2. The Bertz CT molecular complexity index is 440. The highest BCUT2D eigenvalue weighted by Crippen LogP contribution is 2.19. The predicted octanol–water partition coefficient (Wildman–Crippen LogP) is 1.08. The number of pyridine rings is 1. The summed E-state index contributed by atoms with van der Waals surface area (Å²) >= 11 is 5.97. The third-order valence-electron chi connectivity index (χ3n) is 2.55. The first-order valence-electron chi connectivity index (χ1n) is 6.38. The standard InChI is InChI=1S/C13H21ClN4O2/c1-15-12-11(14)8-10(9-17-12)13(19)16-4-6-20-7-5-18(2)3/h8-9H,4-7H2,1-3H3,(H,15,17)(H,16,19). The molecule has 0 fully saturated rings. The highest BCUT2D eigenvalue weighted by atomic mass is 35.5. The molecule has 1 heterocycles. The van der Waals surface area contributed by atoms with Crippen LogP contribution in [0.5, 0.6) is 0 Å². The average molecular weight is 301 g/mol. The monoisotopic (exact) mass is 300 g/mol. The van der Waals surface area contributed by atoms with Crippen molar-refractivity contribution < 1.29 is 9.53 Å². The highest BCUT2D eigenvalue weighted by molar-refractivity contribution is 6.33. The van der Waals surface area contributed by atoms with E-state index in [0.29, 0.717) is 36.2 Å². The van der Waals surface area contributed by atoms with E-state index in [1.54, 1.807) is 13.1 Å². The van der Waals surface area contributed by atoms with Gasteiger partial charge in [0.05, 0.1) is 23.8 Å². The quantitative estimate of drug-likeness (QED) is 0.704. The summed E-state index contributed by atoms with van der Waals surface area (Å²) in [5, 5.41) is 6.01. The second-order valence-corrected chi connectivity index (χ2v) is 4.88. The van der Waals surface area contributed by atoms with Gasteiger partial charge in [0.25, 0.3) is 5.91 Å². The van der Waals surface area contributed by atoms with Gasteiger partial charge in [0.15, 0.2) is 0 Å². The fraction of sp³-hybridized carbons (Fsp3) is 0.538. The number of rotatable bonds is 8. The molecule has 1 rings (SSSR count). The highest BCUT2D eigenvalue weighted by Gasteiger charge is 2.08. The maximum Gasteiger partial charge on any atom is 0.252 e. The number of aromatic nitrogens is 1. The summed E-state index contributed by atoms with van der Waals surface area (Å²) in [5.41, 5.74) is 0.433. The molecule has 0 aromatic carbocycles. The van der Waals surface area contributed by atoms with Crippen LogP contribution in [0.1, 0.15) is 10.4 Å². The number of amides is 1. The van der Waals surface area contributed by atoms with E-state index in [1.165, 1.54) is 6.20 Å². The molecule has 112 valence electrons. The van der Waals surface area contributed by atoms with Gasteiger partial charge in [0.1, 0.15) is 5.82 Å². The van der Waals surface area contributed by atoms with Gasteiger partial charge in [-0.05, 0) is 20.2 Å². The van der Waals surface area contributed by atoms with Gasteiger partial charge in [-0.2, -0.15) is 0 Å². The summed E-state index contributed by atoms with van der Waals surface area (Å²) in [6, 6.07) is 1.59. The molecule has 0 atom stereocenters. The van der Waals surface area contributed by atoms with Crippen LogP contribution < -0.4 is 10.6 Å². The Morgan fingerprint density at radius 1 is 1.45 bits per heavy atom. The van der Waals surface area contributed by atoms with Crippen LogP contribution in [0.4, 0.5) is 5.82 Å². The summed E-state index contributed by atoms with van der Waals surface area (Å²) in [6.45, 7) is 2.44. The van der Waals surface area contributed by atoms with Gasteiger partial charge in [-0.25, -0.2) is 4.98 Å². The van der Waals surface area contributed by atoms with Crippen molar-refractivity contribution in [1.29, 1.82) is 0 Å². The van der Waals surface area contributed by atoms with Crippen LogP contribution in [0.3, 0.4) is 0 Å². The summed E-state index contributed by atoms with van der Waals surface area (Å²) in [5.74, 6) is 0.341. The van der Waals surface area contributed by atoms with Crippen LogP contribution >= 0.6 is 11.6 Å². The van der Waals surface area contributed by atoms with Crippen molar-refractivity contribution >= 4 is 23.3 Å². The molecular weight excluding hydrogens is 280 g/mol. The Balaban J connectivity index is 2.31. The molecule has 1 aromatic heterocycles.